The Hall–Kier alpha value is -3.94. The van der Waals surface area contributed by atoms with Crippen LogP contribution >= 0.6 is 11.3 Å². The summed E-state index contributed by atoms with van der Waals surface area (Å²) in [5.74, 6) is 0. The molecule has 0 amide bonds. The SMILES string of the molecule is c1ccc(CCc2ccc3cc4c(cc3c2)sc2cc3cc(CCc5ccccc5)ccc3cc24)cc1. The molecule has 0 N–H and O–H groups in total. The summed E-state index contributed by atoms with van der Waals surface area (Å²) in [7, 11) is 0. The number of hydrogen-bond donors (Lipinski definition) is 0. The highest BCUT2D eigenvalue weighted by Crippen LogP contribution is 2.39. The van der Waals surface area contributed by atoms with Crippen LogP contribution in [-0.4, -0.2) is 0 Å². The Morgan fingerprint density at radius 3 is 1.24 bits per heavy atom. The van der Waals surface area contributed by atoms with Gasteiger partial charge < -0.3 is 0 Å². The van der Waals surface area contributed by atoms with Gasteiger partial charge in [0.05, 0.1) is 0 Å². The van der Waals surface area contributed by atoms with Gasteiger partial charge >= 0.3 is 0 Å². The van der Waals surface area contributed by atoms with Crippen molar-refractivity contribution in [1.82, 2.24) is 0 Å². The lowest BCUT2D eigenvalue weighted by Gasteiger charge is -2.06. The summed E-state index contributed by atoms with van der Waals surface area (Å²) in [6, 6.07) is 45.1. The van der Waals surface area contributed by atoms with Crippen LogP contribution in [0.1, 0.15) is 22.3 Å². The lowest BCUT2D eigenvalue weighted by Crippen LogP contribution is -1.91. The summed E-state index contributed by atoms with van der Waals surface area (Å²) in [6.45, 7) is 0. The molecule has 0 aliphatic heterocycles. The molecular weight excluding hydrogens is 464 g/mol. The Labute approximate surface area is 221 Å². The first-order valence-corrected chi connectivity index (χ1v) is 14.0. The standard InChI is InChI=1S/C36H28S/c1-3-7-25(8-4-1)11-13-27-15-17-29-21-33-34-22-30-18-16-28(14-12-26-9-5-2-6-10-26)20-32(30)24-36(34)37-35(33)23-31(29)19-27/h1-10,15-24H,11-14H2. The summed E-state index contributed by atoms with van der Waals surface area (Å²) in [4.78, 5) is 0. The molecule has 6 aromatic carbocycles. The second kappa shape index (κ2) is 9.50. The molecule has 0 saturated carbocycles. The van der Waals surface area contributed by atoms with Gasteiger partial charge in [0.25, 0.3) is 0 Å². The molecule has 7 aromatic rings. The topological polar surface area (TPSA) is 0 Å². The summed E-state index contributed by atoms with van der Waals surface area (Å²) in [6.07, 6.45) is 4.31. The van der Waals surface area contributed by atoms with Crippen molar-refractivity contribution in [3.05, 3.63) is 144 Å². The molecule has 0 aliphatic rings. The van der Waals surface area contributed by atoms with Gasteiger partial charge in [0, 0.05) is 20.2 Å². The number of fused-ring (bicyclic) bond motifs is 5. The summed E-state index contributed by atoms with van der Waals surface area (Å²) in [5, 5.41) is 8.09. The van der Waals surface area contributed by atoms with Gasteiger partial charge in [-0.25, -0.2) is 0 Å². The van der Waals surface area contributed by atoms with E-state index in [4.69, 9.17) is 0 Å². The fraction of sp³-hybridized carbons (Fsp3) is 0.111. The Balaban J connectivity index is 1.21. The van der Waals surface area contributed by atoms with E-state index >= 15 is 0 Å². The summed E-state index contributed by atoms with van der Waals surface area (Å²) in [5.41, 5.74) is 5.62. The molecule has 0 unspecified atom stereocenters. The molecule has 7 rings (SSSR count). The predicted molar refractivity (Wildman–Crippen MR) is 162 cm³/mol. The maximum Gasteiger partial charge on any atom is 0.0361 e. The minimum Gasteiger partial charge on any atom is -0.135 e. The first-order chi connectivity index (χ1) is 18.3. The molecule has 178 valence electrons. The van der Waals surface area contributed by atoms with E-state index in [0.29, 0.717) is 0 Å². The van der Waals surface area contributed by atoms with Gasteiger partial charge in [0.15, 0.2) is 0 Å². The minimum absolute atomic E-state index is 1.07. The number of hydrogen-bond acceptors (Lipinski definition) is 1. The Morgan fingerprint density at radius 1 is 0.351 bits per heavy atom. The largest absolute Gasteiger partial charge is 0.135 e. The average Bonchev–Trinajstić information content (AvgIpc) is 3.29. The van der Waals surface area contributed by atoms with Crippen LogP contribution in [0, 0.1) is 0 Å². The zero-order valence-electron chi connectivity index (χ0n) is 20.8. The Morgan fingerprint density at radius 2 is 0.784 bits per heavy atom. The molecule has 0 radical (unpaired) electrons. The van der Waals surface area contributed by atoms with E-state index in [1.165, 1.54) is 64.0 Å². The van der Waals surface area contributed by atoms with Crippen LogP contribution in [0.5, 0.6) is 0 Å². The fourth-order valence-electron chi connectivity index (χ4n) is 5.54. The van der Waals surface area contributed by atoms with Crippen LogP contribution in [0.3, 0.4) is 0 Å². The van der Waals surface area contributed by atoms with Gasteiger partial charge in [-0.3, -0.25) is 0 Å². The maximum atomic E-state index is 2.40. The van der Waals surface area contributed by atoms with Gasteiger partial charge in [0.2, 0.25) is 0 Å². The van der Waals surface area contributed by atoms with Crippen LogP contribution in [0.15, 0.2) is 121 Å². The molecule has 0 bridgehead atoms. The van der Waals surface area contributed by atoms with Crippen LogP contribution in [-0.2, 0) is 25.7 Å². The highest BCUT2D eigenvalue weighted by Gasteiger charge is 2.10. The average molecular weight is 493 g/mol. The zero-order chi connectivity index (χ0) is 24.6. The third-order valence-electron chi connectivity index (χ3n) is 7.61. The molecule has 0 fully saturated rings. The molecule has 1 aromatic heterocycles. The second-order valence-electron chi connectivity index (χ2n) is 10.1. The predicted octanol–water partition coefficient (Wildman–Crippen LogP) is 9.93. The molecule has 0 aliphatic carbocycles. The Kier molecular flexibility index (Phi) is 5.72. The Bertz CT molecular complexity index is 1720. The van der Waals surface area contributed by atoms with E-state index in [-0.39, 0.29) is 0 Å². The van der Waals surface area contributed by atoms with E-state index < -0.39 is 0 Å². The molecule has 0 saturated heterocycles. The summed E-state index contributed by atoms with van der Waals surface area (Å²) >= 11 is 1.92. The number of benzene rings is 6. The first-order valence-electron chi connectivity index (χ1n) is 13.2. The van der Waals surface area contributed by atoms with E-state index in [0.717, 1.165) is 25.7 Å². The molecule has 0 nitrogen and oxygen atoms in total. The molecule has 0 atom stereocenters. The van der Waals surface area contributed by atoms with Crippen LogP contribution in [0.2, 0.25) is 0 Å². The lowest BCUT2D eigenvalue weighted by molar-refractivity contribution is 0.962. The van der Waals surface area contributed by atoms with Crippen molar-refractivity contribution in [3.8, 4) is 0 Å². The molecule has 0 spiro atoms. The van der Waals surface area contributed by atoms with E-state index in [1.54, 1.807) is 0 Å². The van der Waals surface area contributed by atoms with E-state index in [9.17, 15) is 0 Å². The van der Waals surface area contributed by atoms with Crippen molar-refractivity contribution < 1.29 is 0 Å². The first kappa shape index (κ1) is 22.3. The van der Waals surface area contributed by atoms with Gasteiger partial charge in [-0.15, -0.1) is 11.3 Å². The third-order valence-corrected chi connectivity index (χ3v) is 8.72. The van der Waals surface area contributed by atoms with Crippen molar-refractivity contribution in [1.29, 1.82) is 0 Å². The normalized spacial score (nSPS) is 11.7. The quantitative estimate of drug-likeness (QED) is 0.217. The third kappa shape index (κ3) is 4.52. The highest BCUT2D eigenvalue weighted by molar-refractivity contribution is 7.26. The molecule has 1 heteroatoms. The van der Waals surface area contributed by atoms with Crippen molar-refractivity contribution in [2.75, 3.05) is 0 Å². The number of rotatable bonds is 6. The second-order valence-corrected chi connectivity index (χ2v) is 11.2. The maximum absolute atomic E-state index is 2.40. The minimum atomic E-state index is 1.07. The van der Waals surface area contributed by atoms with Crippen LogP contribution < -0.4 is 0 Å². The molecule has 1 heterocycles. The molecular formula is C36H28S. The smallest absolute Gasteiger partial charge is 0.0361 e. The van der Waals surface area contributed by atoms with Crippen molar-refractivity contribution >= 4 is 53.1 Å². The van der Waals surface area contributed by atoms with E-state index in [2.05, 4.69) is 121 Å². The van der Waals surface area contributed by atoms with Gasteiger partial charge in [-0.05, 0) is 93.7 Å². The van der Waals surface area contributed by atoms with Crippen LogP contribution in [0.4, 0.5) is 0 Å². The summed E-state index contributed by atoms with van der Waals surface area (Å²) < 4.78 is 2.75. The zero-order valence-corrected chi connectivity index (χ0v) is 21.6. The van der Waals surface area contributed by atoms with Crippen molar-refractivity contribution in [3.63, 3.8) is 0 Å². The number of aryl methyl sites for hydroxylation is 4. The van der Waals surface area contributed by atoms with Gasteiger partial charge in [-0.2, -0.15) is 0 Å². The number of thiophene rings is 1. The van der Waals surface area contributed by atoms with Crippen molar-refractivity contribution in [2.45, 2.75) is 25.7 Å². The highest BCUT2D eigenvalue weighted by atomic mass is 32.1. The van der Waals surface area contributed by atoms with Crippen molar-refractivity contribution in [2.24, 2.45) is 0 Å². The lowest BCUT2D eigenvalue weighted by atomic mass is 9.98. The van der Waals surface area contributed by atoms with Gasteiger partial charge in [-0.1, -0.05) is 97.1 Å². The fourth-order valence-corrected chi connectivity index (χ4v) is 6.70. The monoisotopic (exact) mass is 492 g/mol. The van der Waals surface area contributed by atoms with Crippen LogP contribution in [0.25, 0.3) is 41.7 Å². The molecule has 37 heavy (non-hydrogen) atoms. The van der Waals surface area contributed by atoms with Gasteiger partial charge in [0.1, 0.15) is 0 Å². The van der Waals surface area contributed by atoms with E-state index in [1.807, 2.05) is 11.3 Å².